The number of rotatable bonds is 2. The Morgan fingerprint density at radius 2 is 2.26 bits per heavy atom. The molecule has 19 heavy (non-hydrogen) atoms. The standard InChI is InChI=1S/C11H8FN3O4/c12-8-6-15(11(18)14-9(8)16)10(17)13-4-3-7-2-1-5-19-7/h1-6H,(H,13,17)(H,14,16,18)/b4-3+. The first-order valence-corrected chi connectivity index (χ1v) is 5.10. The molecule has 2 N–H and O–H groups in total. The van der Waals surface area contributed by atoms with E-state index in [0.29, 0.717) is 16.5 Å². The molecule has 0 aromatic carbocycles. The van der Waals surface area contributed by atoms with E-state index in [0.717, 1.165) is 0 Å². The molecular weight excluding hydrogens is 257 g/mol. The zero-order valence-corrected chi connectivity index (χ0v) is 9.42. The van der Waals surface area contributed by atoms with E-state index in [9.17, 15) is 18.8 Å². The van der Waals surface area contributed by atoms with Crippen molar-refractivity contribution in [1.29, 1.82) is 0 Å². The van der Waals surface area contributed by atoms with Crippen LogP contribution in [0.25, 0.3) is 6.08 Å². The molecule has 2 aromatic heterocycles. The number of nitrogens with one attached hydrogen (secondary N) is 2. The highest BCUT2D eigenvalue weighted by Crippen LogP contribution is 2.00. The number of furan rings is 1. The molecule has 98 valence electrons. The molecule has 0 radical (unpaired) electrons. The smallest absolute Gasteiger partial charge is 0.336 e. The van der Waals surface area contributed by atoms with Crippen molar-refractivity contribution in [3.05, 3.63) is 63.2 Å². The molecule has 2 rings (SSSR count). The third kappa shape index (κ3) is 2.86. The van der Waals surface area contributed by atoms with Gasteiger partial charge < -0.3 is 9.73 Å². The zero-order valence-electron chi connectivity index (χ0n) is 9.42. The molecule has 0 bridgehead atoms. The Kier molecular flexibility index (Phi) is 3.42. The van der Waals surface area contributed by atoms with Crippen molar-refractivity contribution >= 4 is 12.1 Å². The number of carbonyl (C=O) groups is 1. The number of hydrogen-bond acceptors (Lipinski definition) is 4. The van der Waals surface area contributed by atoms with Crippen molar-refractivity contribution in [2.24, 2.45) is 0 Å². The molecule has 0 aliphatic heterocycles. The lowest BCUT2D eigenvalue weighted by Crippen LogP contribution is -2.39. The lowest BCUT2D eigenvalue weighted by molar-refractivity contribution is 0.244. The average molecular weight is 265 g/mol. The molecular formula is C11H8FN3O4. The Hall–Kier alpha value is -2.90. The molecule has 0 saturated heterocycles. The largest absolute Gasteiger partial charge is 0.465 e. The summed E-state index contributed by atoms with van der Waals surface area (Å²) in [4.78, 5) is 35.2. The molecule has 1 amide bonds. The van der Waals surface area contributed by atoms with E-state index >= 15 is 0 Å². The van der Waals surface area contributed by atoms with Crippen molar-refractivity contribution in [3.63, 3.8) is 0 Å². The number of aromatic amines is 1. The predicted octanol–water partition coefficient (Wildman–Crippen LogP) is 0.497. The first-order chi connectivity index (χ1) is 9.08. The van der Waals surface area contributed by atoms with Crippen LogP contribution >= 0.6 is 0 Å². The topological polar surface area (TPSA) is 97.1 Å². The number of hydrogen-bond donors (Lipinski definition) is 2. The Labute approximate surface area is 105 Å². The van der Waals surface area contributed by atoms with Gasteiger partial charge in [-0.3, -0.25) is 9.78 Å². The van der Waals surface area contributed by atoms with E-state index in [1.54, 1.807) is 17.1 Å². The molecule has 0 saturated carbocycles. The normalized spacial score (nSPS) is 10.8. The summed E-state index contributed by atoms with van der Waals surface area (Å²) in [5.41, 5.74) is -2.21. The van der Waals surface area contributed by atoms with E-state index in [1.165, 1.54) is 18.5 Å². The van der Waals surface area contributed by atoms with Crippen LogP contribution in [0.15, 0.2) is 44.8 Å². The molecule has 2 heterocycles. The van der Waals surface area contributed by atoms with Gasteiger partial charge in [0.25, 0.3) is 5.56 Å². The van der Waals surface area contributed by atoms with Gasteiger partial charge in [-0.1, -0.05) is 0 Å². The Balaban J connectivity index is 2.15. The van der Waals surface area contributed by atoms with Crippen LogP contribution in [0.1, 0.15) is 5.76 Å². The zero-order chi connectivity index (χ0) is 13.8. The average Bonchev–Trinajstić information content (AvgIpc) is 2.86. The number of halogens is 1. The van der Waals surface area contributed by atoms with Gasteiger partial charge in [0, 0.05) is 6.20 Å². The number of nitrogens with zero attached hydrogens (tertiary/aromatic N) is 1. The number of carbonyl (C=O) groups excluding carboxylic acids is 1. The van der Waals surface area contributed by atoms with E-state index in [4.69, 9.17) is 4.42 Å². The summed E-state index contributed by atoms with van der Waals surface area (Å²) >= 11 is 0. The van der Waals surface area contributed by atoms with Crippen molar-refractivity contribution in [1.82, 2.24) is 14.9 Å². The summed E-state index contributed by atoms with van der Waals surface area (Å²) in [6, 6.07) is 2.39. The maximum atomic E-state index is 12.9. The van der Waals surface area contributed by atoms with Crippen molar-refractivity contribution in [3.8, 4) is 0 Å². The van der Waals surface area contributed by atoms with Gasteiger partial charge in [0.15, 0.2) is 0 Å². The predicted molar refractivity (Wildman–Crippen MR) is 63.0 cm³/mol. The van der Waals surface area contributed by atoms with Crippen LogP contribution in [0, 0.1) is 5.82 Å². The van der Waals surface area contributed by atoms with Crippen LogP contribution in [-0.4, -0.2) is 15.6 Å². The number of aromatic nitrogens is 2. The number of amides is 1. The van der Waals surface area contributed by atoms with Gasteiger partial charge in [-0.15, -0.1) is 0 Å². The van der Waals surface area contributed by atoms with Crippen molar-refractivity contribution in [2.75, 3.05) is 0 Å². The highest BCUT2D eigenvalue weighted by atomic mass is 19.1. The molecule has 0 aliphatic carbocycles. The first-order valence-electron chi connectivity index (χ1n) is 5.10. The van der Waals surface area contributed by atoms with Crippen LogP contribution in [-0.2, 0) is 0 Å². The monoisotopic (exact) mass is 265 g/mol. The lowest BCUT2D eigenvalue weighted by atomic mass is 10.4. The molecule has 8 heteroatoms. The van der Waals surface area contributed by atoms with Gasteiger partial charge in [-0.2, -0.15) is 4.39 Å². The van der Waals surface area contributed by atoms with Crippen LogP contribution < -0.4 is 16.6 Å². The Bertz CT molecular complexity index is 727. The Morgan fingerprint density at radius 1 is 1.47 bits per heavy atom. The molecule has 0 spiro atoms. The molecule has 0 atom stereocenters. The van der Waals surface area contributed by atoms with Gasteiger partial charge in [0.2, 0.25) is 5.82 Å². The molecule has 7 nitrogen and oxygen atoms in total. The first kappa shape index (κ1) is 12.6. The second-order valence-electron chi connectivity index (χ2n) is 3.40. The minimum absolute atomic E-state index is 0.406. The maximum Gasteiger partial charge on any atom is 0.336 e. The van der Waals surface area contributed by atoms with Crippen LogP contribution in [0.4, 0.5) is 9.18 Å². The van der Waals surface area contributed by atoms with E-state index in [-0.39, 0.29) is 0 Å². The van der Waals surface area contributed by atoms with E-state index in [2.05, 4.69) is 5.32 Å². The van der Waals surface area contributed by atoms with Gasteiger partial charge in [0.05, 0.1) is 12.5 Å². The van der Waals surface area contributed by atoms with Gasteiger partial charge in [-0.05, 0) is 18.2 Å². The van der Waals surface area contributed by atoms with Gasteiger partial charge >= 0.3 is 11.7 Å². The third-order valence-corrected chi connectivity index (χ3v) is 2.12. The second kappa shape index (κ2) is 5.17. The summed E-state index contributed by atoms with van der Waals surface area (Å²) < 4.78 is 18.3. The lowest BCUT2D eigenvalue weighted by Gasteiger charge is -2.02. The Morgan fingerprint density at radius 3 is 2.95 bits per heavy atom. The second-order valence-corrected chi connectivity index (χ2v) is 3.40. The highest BCUT2D eigenvalue weighted by Gasteiger charge is 2.09. The summed E-state index contributed by atoms with van der Waals surface area (Å²) in [5, 5.41) is 2.22. The van der Waals surface area contributed by atoms with Gasteiger partial charge in [0.1, 0.15) is 5.76 Å². The minimum atomic E-state index is -1.23. The SMILES string of the molecule is O=C(N/C=C/c1ccco1)n1cc(F)c(=O)[nH]c1=O. The van der Waals surface area contributed by atoms with Crippen LogP contribution in [0.5, 0.6) is 0 Å². The fraction of sp³-hybridized carbons (Fsp3) is 0. The van der Waals surface area contributed by atoms with Crippen LogP contribution in [0.3, 0.4) is 0 Å². The fourth-order valence-corrected chi connectivity index (χ4v) is 1.25. The quantitative estimate of drug-likeness (QED) is 0.826. The van der Waals surface area contributed by atoms with Crippen LogP contribution in [0.2, 0.25) is 0 Å². The van der Waals surface area contributed by atoms with E-state index < -0.39 is 23.1 Å². The van der Waals surface area contributed by atoms with Crippen molar-refractivity contribution in [2.45, 2.75) is 0 Å². The molecule has 0 fully saturated rings. The van der Waals surface area contributed by atoms with E-state index in [1.807, 2.05) is 0 Å². The van der Waals surface area contributed by atoms with Crippen molar-refractivity contribution < 1.29 is 13.6 Å². The summed E-state index contributed by atoms with van der Waals surface area (Å²) in [7, 11) is 0. The summed E-state index contributed by atoms with van der Waals surface area (Å²) in [6.07, 6.45) is 4.61. The molecule has 0 unspecified atom stereocenters. The minimum Gasteiger partial charge on any atom is -0.465 e. The summed E-state index contributed by atoms with van der Waals surface area (Å²) in [6.45, 7) is 0. The fourth-order valence-electron chi connectivity index (χ4n) is 1.25. The third-order valence-electron chi connectivity index (χ3n) is 2.12. The highest BCUT2D eigenvalue weighted by molar-refractivity contribution is 5.77. The maximum absolute atomic E-state index is 12.9. The number of H-pyrrole nitrogens is 1. The summed E-state index contributed by atoms with van der Waals surface area (Å²) in [5.74, 6) is -0.745. The molecule has 2 aromatic rings. The molecule has 0 aliphatic rings. The van der Waals surface area contributed by atoms with Gasteiger partial charge in [-0.25, -0.2) is 14.2 Å².